The number of aryl methyl sites for hydroxylation is 1. The molecule has 1 aliphatic carbocycles. The summed E-state index contributed by atoms with van der Waals surface area (Å²) in [7, 11) is -3.22. The summed E-state index contributed by atoms with van der Waals surface area (Å²) in [5, 5.41) is -0.267. The van der Waals surface area contributed by atoms with Crippen molar-refractivity contribution in [2.45, 2.75) is 63.4 Å². The molecule has 0 N–H and O–H groups in total. The van der Waals surface area contributed by atoms with Gasteiger partial charge in [-0.05, 0) is 56.4 Å². The van der Waals surface area contributed by atoms with Crippen molar-refractivity contribution < 1.29 is 17.9 Å². The maximum Gasteiger partial charge on any atom is 0.232 e. The minimum atomic E-state index is -3.22. The summed E-state index contributed by atoms with van der Waals surface area (Å²) in [5.41, 5.74) is 4.09. The summed E-state index contributed by atoms with van der Waals surface area (Å²) >= 11 is 0. The average Bonchev–Trinajstić information content (AvgIpc) is 3.68. The Balaban J connectivity index is 1.49. The Morgan fingerprint density at radius 3 is 2.63 bits per heavy atom. The Morgan fingerprint density at radius 2 is 1.94 bits per heavy atom. The van der Waals surface area contributed by atoms with E-state index in [1.807, 2.05) is 39.0 Å². The quantitative estimate of drug-likeness (QED) is 0.393. The van der Waals surface area contributed by atoms with Gasteiger partial charge in [0.05, 0.1) is 41.6 Å². The summed E-state index contributed by atoms with van der Waals surface area (Å²) in [6, 6.07) is 7.58. The van der Waals surface area contributed by atoms with Crippen LogP contribution in [0.25, 0.3) is 11.3 Å². The number of nitrogens with zero attached hydrogens (tertiary/aromatic N) is 4. The fraction of sp³-hybridized carbons (Fsp3) is 0.423. The molecule has 1 fully saturated rings. The average molecular weight is 495 g/mol. The number of benzene rings is 1. The number of rotatable bonds is 11. The van der Waals surface area contributed by atoms with Crippen LogP contribution >= 0.6 is 0 Å². The van der Waals surface area contributed by atoms with E-state index in [0.29, 0.717) is 43.1 Å². The number of aromatic nitrogens is 4. The Labute approximate surface area is 206 Å². The molecule has 1 unspecified atom stereocenters. The molecule has 0 radical (unpaired) electrons. The smallest absolute Gasteiger partial charge is 0.232 e. The molecule has 184 valence electrons. The van der Waals surface area contributed by atoms with Gasteiger partial charge in [0.25, 0.3) is 0 Å². The van der Waals surface area contributed by atoms with E-state index in [2.05, 4.69) is 19.9 Å². The molecule has 1 atom stereocenters. The van der Waals surface area contributed by atoms with Crippen LogP contribution in [-0.4, -0.2) is 46.0 Å². The molecule has 1 aliphatic rings. The fourth-order valence-electron chi connectivity index (χ4n) is 4.07. The third-order valence-electron chi connectivity index (χ3n) is 6.15. The summed E-state index contributed by atoms with van der Waals surface area (Å²) < 4.78 is 30.1. The van der Waals surface area contributed by atoms with E-state index in [4.69, 9.17) is 4.74 Å². The second kappa shape index (κ2) is 10.6. The highest BCUT2D eigenvalue weighted by Gasteiger charge is 2.36. The normalized spacial score (nSPS) is 14.5. The number of hydrogen-bond donors (Lipinski definition) is 0. The van der Waals surface area contributed by atoms with Gasteiger partial charge < -0.3 is 4.74 Å². The number of carbonyl (C=O) groups is 1. The Bertz CT molecular complexity index is 1320. The highest BCUT2D eigenvalue weighted by Crippen LogP contribution is 2.31. The topological polar surface area (TPSA) is 112 Å². The van der Waals surface area contributed by atoms with E-state index in [1.165, 1.54) is 0 Å². The molecule has 4 rings (SSSR count). The third kappa shape index (κ3) is 6.08. The third-order valence-corrected chi connectivity index (χ3v) is 8.30. The van der Waals surface area contributed by atoms with Crippen LogP contribution in [0, 0.1) is 6.92 Å². The predicted octanol–water partition coefficient (Wildman–Crippen LogP) is 4.02. The Morgan fingerprint density at radius 1 is 1.14 bits per heavy atom. The lowest BCUT2D eigenvalue weighted by molar-refractivity contribution is -0.120. The van der Waals surface area contributed by atoms with Gasteiger partial charge in [-0.15, -0.1) is 0 Å². The lowest BCUT2D eigenvalue weighted by atomic mass is 9.90. The lowest BCUT2D eigenvalue weighted by Gasteiger charge is -2.15. The van der Waals surface area contributed by atoms with Crippen molar-refractivity contribution in [2.24, 2.45) is 0 Å². The van der Waals surface area contributed by atoms with E-state index in [9.17, 15) is 13.2 Å². The summed E-state index contributed by atoms with van der Waals surface area (Å²) in [4.78, 5) is 30.6. The van der Waals surface area contributed by atoms with Crippen molar-refractivity contribution in [1.29, 1.82) is 0 Å². The second-order valence-electron chi connectivity index (χ2n) is 8.83. The zero-order valence-corrected chi connectivity index (χ0v) is 21.1. The highest BCUT2D eigenvalue weighted by molar-refractivity contribution is 7.91. The molecule has 0 spiro atoms. The van der Waals surface area contributed by atoms with Gasteiger partial charge >= 0.3 is 0 Å². The predicted molar refractivity (Wildman–Crippen MR) is 133 cm³/mol. The van der Waals surface area contributed by atoms with Gasteiger partial charge in [-0.2, -0.15) is 0 Å². The minimum Gasteiger partial charge on any atom is -0.477 e. The molecule has 2 heterocycles. The molecule has 1 saturated carbocycles. The number of ketones is 1. The molecule has 1 aromatic carbocycles. The molecule has 3 aromatic rings. The van der Waals surface area contributed by atoms with Crippen LogP contribution in [0.15, 0.2) is 42.9 Å². The first kappa shape index (κ1) is 24.9. The molecule has 8 nitrogen and oxygen atoms in total. The summed E-state index contributed by atoms with van der Waals surface area (Å²) in [5.74, 6) is 0.173. The first-order valence-corrected chi connectivity index (χ1v) is 13.6. The number of hydrogen-bond acceptors (Lipinski definition) is 8. The monoisotopic (exact) mass is 494 g/mol. The SMILES string of the molecule is CCOc1cncc(-c2ccc(CC(=O)C(CC)c3ccnc(CS(=O)(=O)C4CC4)n3)c(C)c2)n1. The molecule has 0 saturated heterocycles. The zero-order chi connectivity index (χ0) is 25.0. The molecule has 0 amide bonds. The van der Waals surface area contributed by atoms with Crippen molar-refractivity contribution in [3.8, 4) is 17.1 Å². The Kier molecular flexibility index (Phi) is 7.54. The highest BCUT2D eigenvalue weighted by atomic mass is 32.2. The van der Waals surface area contributed by atoms with E-state index in [-0.39, 0.29) is 29.0 Å². The van der Waals surface area contributed by atoms with E-state index in [1.54, 1.807) is 24.7 Å². The van der Waals surface area contributed by atoms with Gasteiger partial charge in [-0.3, -0.25) is 9.78 Å². The summed E-state index contributed by atoms with van der Waals surface area (Å²) in [6.45, 7) is 6.32. The number of carbonyl (C=O) groups excluding carboxylic acids is 1. The molecular formula is C26H30N4O4S. The van der Waals surface area contributed by atoms with Gasteiger partial charge in [0, 0.05) is 18.2 Å². The van der Waals surface area contributed by atoms with Gasteiger partial charge in [-0.1, -0.05) is 19.1 Å². The van der Waals surface area contributed by atoms with Crippen LogP contribution in [0.4, 0.5) is 0 Å². The second-order valence-corrected chi connectivity index (χ2v) is 11.1. The maximum absolute atomic E-state index is 13.3. The standard InChI is InChI=1S/C26H30N4O4S/c1-4-21(22-10-11-28-25(29-22)16-35(32,33)20-8-9-20)24(31)13-18-6-7-19(12-17(18)3)23-14-27-15-26(30-23)34-5-2/h6-7,10-12,14-15,20-21H,4-5,8-9,13,16H2,1-3H3. The van der Waals surface area contributed by atoms with E-state index in [0.717, 1.165) is 16.7 Å². The maximum atomic E-state index is 13.3. The van der Waals surface area contributed by atoms with Crippen molar-refractivity contribution in [3.63, 3.8) is 0 Å². The summed E-state index contributed by atoms with van der Waals surface area (Å²) in [6.07, 6.45) is 7.06. The van der Waals surface area contributed by atoms with Crippen LogP contribution in [0.1, 0.15) is 61.7 Å². The number of sulfone groups is 1. The van der Waals surface area contributed by atoms with Crippen molar-refractivity contribution >= 4 is 15.6 Å². The van der Waals surface area contributed by atoms with Crippen molar-refractivity contribution in [3.05, 3.63) is 65.5 Å². The van der Waals surface area contributed by atoms with Gasteiger partial charge in [-0.25, -0.2) is 23.4 Å². The first-order valence-electron chi connectivity index (χ1n) is 11.9. The fourth-order valence-corrected chi connectivity index (χ4v) is 5.66. The van der Waals surface area contributed by atoms with Crippen LogP contribution < -0.4 is 4.74 Å². The minimum absolute atomic E-state index is 0.0381. The molecule has 0 aliphatic heterocycles. The molecule has 2 aromatic heterocycles. The van der Waals surface area contributed by atoms with Gasteiger partial charge in [0.1, 0.15) is 17.4 Å². The van der Waals surface area contributed by atoms with Crippen LogP contribution in [-0.2, 0) is 26.8 Å². The number of ether oxygens (including phenoxy) is 1. The van der Waals surface area contributed by atoms with Gasteiger partial charge in [0.15, 0.2) is 9.84 Å². The van der Waals surface area contributed by atoms with Crippen molar-refractivity contribution in [2.75, 3.05) is 6.61 Å². The lowest BCUT2D eigenvalue weighted by Crippen LogP contribution is -2.18. The van der Waals surface area contributed by atoms with Gasteiger partial charge in [0.2, 0.25) is 5.88 Å². The van der Waals surface area contributed by atoms with E-state index >= 15 is 0 Å². The molecule has 9 heteroatoms. The van der Waals surface area contributed by atoms with Crippen molar-refractivity contribution in [1.82, 2.24) is 19.9 Å². The Hall–Kier alpha value is -3.20. The van der Waals surface area contributed by atoms with Crippen LogP contribution in [0.2, 0.25) is 0 Å². The molecule has 35 heavy (non-hydrogen) atoms. The zero-order valence-electron chi connectivity index (χ0n) is 20.3. The van der Waals surface area contributed by atoms with E-state index < -0.39 is 15.8 Å². The van der Waals surface area contributed by atoms with Crippen LogP contribution in [0.5, 0.6) is 5.88 Å². The number of Topliss-reactive ketones (excluding diaryl/α,β-unsaturated/α-hetero) is 1. The largest absolute Gasteiger partial charge is 0.477 e. The first-order chi connectivity index (χ1) is 16.8. The van der Waals surface area contributed by atoms with Crippen LogP contribution in [0.3, 0.4) is 0 Å². The molecular weight excluding hydrogens is 464 g/mol. The molecule has 0 bridgehead atoms.